The third kappa shape index (κ3) is 3.82. The quantitative estimate of drug-likeness (QED) is 0.645. The van der Waals surface area contributed by atoms with Gasteiger partial charge in [0.15, 0.2) is 0 Å². The second-order valence-electron chi connectivity index (χ2n) is 4.18. The monoisotopic (exact) mass is 330 g/mol. The third-order valence-electron chi connectivity index (χ3n) is 2.74. The fourth-order valence-electron chi connectivity index (χ4n) is 1.86. The average Bonchev–Trinajstić information content (AvgIpc) is 2.42. The third-order valence-corrected chi connectivity index (χ3v) is 3.92. The van der Waals surface area contributed by atoms with E-state index in [0.717, 1.165) is 0 Å². The Labute approximate surface area is 127 Å². The summed E-state index contributed by atoms with van der Waals surface area (Å²) in [7, 11) is -3.85. The summed E-state index contributed by atoms with van der Waals surface area (Å²) in [4.78, 5) is 4.11. The number of aromatic nitrogens is 1. The van der Waals surface area contributed by atoms with E-state index in [1.807, 2.05) is 6.92 Å². The lowest BCUT2D eigenvalue weighted by molar-refractivity contribution is 0.110. The molecule has 0 atom stereocenters. The zero-order valence-corrected chi connectivity index (χ0v) is 12.9. The smallest absolute Gasteiger partial charge is 0.238 e. The van der Waals surface area contributed by atoms with Crippen molar-refractivity contribution in [3.63, 3.8) is 0 Å². The summed E-state index contributed by atoms with van der Waals surface area (Å²) in [6, 6.07) is 5.96. The van der Waals surface area contributed by atoms with Crippen LogP contribution in [0.25, 0.3) is 10.9 Å². The first kappa shape index (κ1) is 16.0. The number of primary sulfonamides is 1. The highest BCUT2D eigenvalue weighted by Gasteiger charge is 2.16. The van der Waals surface area contributed by atoms with E-state index in [1.165, 1.54) is 18.2 Å². The number of rotatable bonds is 6. The van der Waals surface area contributed by atoms with E-state index in [2.05, 4.69) is 4.98 Å². The van der Waals surface area contributed by atoms with E-state index in [4.69, 9.17) is 26.2 Å². The second kappa shape index (κ2) is 6.57. The predicted octanol–water partition coefficient (Wildman–Crippen LogP) is 1.95. The van der Waals surface area contributed by atoms with Crippen LogP contribution in [0.15, 0.2) is 29.2 Å². The van der Waals surface area contributed by atoms with Crippen LogP contribution in [0.5, 0.6) is 5.75 Å². The molecule has 0 spiro atoms. The molecule has 0 saturated carbocycles. The summed E-state index contributed by atoms with van der Waals surface area (Å²) in [5.41, 5.74) is 0.352. The van der Waals surface area contributed by atoms with E-state index < -0.39 is 10.0 Å². The minimum atomic E-state index is -3.85. The highest BCUT2D eigenvalue weighted by atomic mass is 35.5. The first-order valence-corrected chi connectivity index (χ1v) is 8.18. The number of pyridine rings is 1. The molecular weight excluding hydrogens is 316 g/mol. The van der Waals surface area contributed by atoms with Crippen molar-refractivity contribution in [1.82, 2.24) is 4.98 Å². The van der Waals surface area contributed by atoms with Crippen LogP contribution in [0, 0.1) is 0 Å². The lowest BCUT2D eigenvalue weighted by Gasteiger charge is -2.11. The molecule has 114 valence electrons. The molecule has 2 aromatic rings. The maximum Gasteiger partial charge on any atom is 0.238 e. The van der Waals surface area contributed by atoms with Gasteiger partial charge in [0.05, 0.1) is 11.5 Å². The molecule has 1 aromatic heterocycles. The molecule has 0 amide bonds. The van der Waals surface area contributed by atoms with Crippen molar-refractivity contribution in [2.75, 3.05) is 19.8 Å². The van der Waals surface area contributed by atoms with Gasteiger partial charge in [0.1, 0.15) is 23.0 Å². The molecule has 0 aliphatic heterocycles. The van der Waals surface area contributed by atoms with Crippen LogP contribution in [0.1, 0.15) is 6.92 Å². The van der Waals surface area contributed by atoms with Gasteiger partial charge in [-0.3, -0.25) is 0 Å². The van der Waals surface area contributed by atoms with Crippen molar-refractivity contribution in [3.8, 4) is 5.75 Å². The maximum absolute atomic E-state index is 11.6. The fraction of sp³-hybridized carbons (Fsp3) is 0.308. The Hall–Kier alpha value is -1.41. The van der Waals surface area contributed by atoms with Gasteiger partial charge in [-0.25, -0.2) is 18.5 Å². The van der Waals surface area contributed by atoms with Gasteiger partial charge in [0.25, 0.3) is 0 Å². The fourth-order valence-corrected chi connectivity index (χ4v) is 2.74. The Morgan fingerprint density at radius 2 is 2.00 bits per heavy atom. The standard InChI is InChI=1S/C13H15ClN2O4S/c1-2-19-7-8-20-10-4-5-11(21(15,17)18)9-3-6-12(14)16-13(9)10/h3-6H,2,7-8H2,1H3,(H2,15,17,18). The van der Waals surface area contributed by atoms with Crippen molar-refractivity contribution in [1.29, 1.82) is 0 Å². The van der Waals surface area contributed by atoms with E-state index in [9.17, 15) is 8.42 Å². The minimum absolute atomic E-state index is 0.0150. The van der Waals surface area contributed by atoms with Gasteiger partial charge < -0.3 is 9.47 Å². The van der Waals surface area contributed by atoms with Gasteiger partial charge in [0.2, 0.25) is 10.0 Å². The van der Waals surface area contributed by atoms with E-state index in [1.54, 1.807) is 6.07 Å². The van der Waals surface area contributed by atoms with Gasteiger partial charge in [0, 0.05) is 12.0 Å². The molecule has 0 aliphatic rings. The topological polar surface area (TPSA) is 91.5 Å². The summed E-state index contributed by atoms with van der Waals surface area (Å²) in [5.74, 6) is 0.430. The van der Waals surface area contributed by atoms with Crippen LogP contribution in [0.3, 0.4) is 0 Å². The molecule has 6 nitrogen and oxygen atoms in total. The SMILES string of the molecule is CCOCCOc1ccc(S(N)(=O)=O)c2ccc(Cl)nc12. The Balaban J connectivity index is 2.46. The molecule has 21 heavy (non-hydrogen) atoms. The minimum Gasteiger partial charge on any atom is -0.489 e. The lowest BCUT2D eigenvalue weighted by atomic mass is 10.2. The highest BCUT2D eigenvalue weighted by Crippen LogP contribution is 2.30. The molecule has 1 aromatic carbocycles. The van der Waals surface area contributed by atoms with Crippen molar-refractivity contribution in [3.05, 3.63) is 29.4 Å². The zero-order valence-electron chi connectivity index (χ0n) is 11.4. The van der Waals surface area contributed by atoms with Gasteiger partial charge in [-0.05, 0) is 31.2 Å². The van der Waals surface area contributed by atoms with Crippen molar-refractivity contribution in [2.45, 2.75) is 11.8 Å². The number of hydrogen-bond donors (Lipinski definition) is 1. The Bertz CT molecular complexity index is 749. The Morgan fingerprint density at radius 1 is 1.24 bits per heavy atom. The number of benzene rings is 1. The second-order valence-corrected chi connectivity index (χ2v) is 6.10. The molecule has 2 rings (SSSR count). The lowest BCUT2D eigenvalue weighted by Crippen LogP contribution is -2.13. The van der Waals surface area contributed by atoms with Gasteiger partial charge >= 0.3 is 0 Å². The normalized spacial score (nSPS) is 11.8. The van der Waals surface area contributed by atoms with Crippen LogP contribution < -0.4 is 9.88 Å². The first-order chi connectivity index (χ1) is 9.93. The summed E-state index contributed by atoms with van der Waals surface area (Å²) in [5, 5.41) is 5.81. The number of nitrogens with two attached hydrogens (primary N) is 1. The molecule has 1 heterocycles. The van der Waals surface area contributed by atoms with Crippen LogP contribution >= 0.6 is 11.6 Å². The number of nitrogens with zero attached hydrogens (tertiary/aromatic N) is 1. The largest absolute Gasteiger partial charge is 0.489 e. The number of ether oxygens (including phenoxy) is 2. The predicted molar refractivity (Wildman–Crippen MR) is 80.1 cm³/mol. The summed E-state index contributed by atoms with van der Waals surface area (Å²) in [6.07, 6.45) is 0. The number of fused-ring (bicyclic) bond motifs is 1. The highest BCUT2D eigenvalue weighted by molar-refractivity contribution is 7.89. The molecule has 0 bridgehead atoms. The van der Waals surface area contributed by atoms with Crippen molar-refractivity contribution in [2.24, 2.45) is 5.14 Å². The van der Waals surface area contributed by atoms with Gasteiger partial charge in [-0.15, -0.1) is 0 Å². The number of halogens is 1. The summed E-state index contributed by atoms with van der Waals surface area (Å²) >= 11 is 5.87. The summed E-state index contributed by atoms with van der Waals surface area (Å²) < 4.78 is 33.9. The average molecular weight is 331 g/mol. The van der Waals surface area contributed by atoms with Crippen LogP contribution in [-0.4, -0.2) is 33.2 Å². The molecule has 8 heteroatoms. The van der Waals surface area contributed by atoms with Gasteiger partial charge in [-0.2, -0.15) is 0 Å². The Morgan fingerprint density at radius 3 is 2.67 bits per heavy atom. The van der Waals surface area contributed by atoms with Crippen LogP contribution in [0.2, 0.25) is 5.15 Å². The molecule has 0 aliphatic carbocycles. The Kier molecular flexibility index (Phi) is 5.00. The van der Waals surface area contributed by atoms with E-state index in [-0.39, 0.29) is 10.0 Å². The molecular formula is C13H15ClN2O4S. The van der Waals surface area contributed by atoms with Gasteiger partial charge in [-0.1, -0.05) is 11.6 Å². The van der Waals surface area contributed by atoms with Crippen LogP contribution in [-0.2, 0) is 14.8 Å². The van der Waals surface area contributed by atoms with Crippen molar-refractivity contribution < 1.29 is 17.9 Å². The zero-order chi connectivity index (χ0) is 15.5. The summed E-state index contributed by atoms with van der Waals surface area (Å²) in [6.45, 7) is 3.23. The molecule has 0 saturated heterocycles. The van der Waals surface area contributed by atoms with E-state index in [0.29, 0.717) is 36.5 Å². The van der Waals surface area contributed by atoms with Crippen LogP contribution in [0.4, 0.5) is 0 Å². The van der Waals surface area contributed by atoms with Crippen molar-refractivity contribution >= 4 is 32.5 Å². The number of hydrogen-bond acceptors (Lipinski definition) is 5. The first-order valence-electron chi connectivity index (χ1n) is 6.26. The molecule has 2 N–H and O–H groups in total. The number of sulfonamides is 1. The molecule has 0 unspecified atom stereocenters. The maximum atomic E-state index is 11.6. The van der Waals surface area contributed by atoms with E-state index >= 15 is 0 Å². The molecule has 0 radical (unpaired) electrons. The molecule has 0 fully saturated rings.